The number of benzene rings is 1. The van der Waals surface area contributed by atoms with E-state index < -0.39 is 5.97 Å². The Morgan fingerprint density at radius 1 is 1.05 bits per heavy atom. The highest BCUT2D eigenvalue weighted by Gasteiger charge is 2.34. The standard InChI is InChI=1S/C31H33FN4O4/c1-2-40-29-21(17-25(19-3-4-19)28(34-29)20-5-7-22(32)8-6-20)18-35-14-11-23(12-15-35)36-16-13-26-24(30(36)37)9-10-27(33-26)31(38)39/h5-10,17,19,23H,2-4,11-16,18H2,1H3,(H,38,39). The molecule has 1 aromatic carbocycles. The number of likely N-dealkylation sites (tertiary alicyclic amines) is 1. The normalized spacial score (nSPS) is 18.1. The van der Waals surface area contributed by atoms with Crippen LogP contribution in [0.5, 0.6) is 5.88 Å². The molecule has 9 heteroatoms. The molecule has 1 saturated heterocycles. The van der Waals surface area contributed by atoms with Gasteiger partial charge >= 0.3 is 5.97 Å². The lowest BCUT2D eigenvalue weighted by atomic mass is 9.96. The van der Waals surface area contributed by atoms with Gasteiger partial charge < -0.3 is 14.7 Å². The van der Waals surface area contributed by atoms with Gasteiger partial charge in [0.25, 0.3) is 5.91 Å². The molecule has 3 aliphatic rings. The van der Waals surface area contributed by atoms with Gasteiger partial charge in [-0.1, -0.05) is 0 Å². The van der Waals surface area contributed by atoms with E-state index in [4.69, 9.17) is 9.72 Å². The van der Waals surface area contributed by atoms with Crippen molar-refractivity contribution in [1.82, 2.24) is 19.8 Å². The topological polar surface area (TPSA) is 95.9 Å². The zero-order valence-electron chi connectivity index (χ0n) is 22.6. The molecule has 0 atom stereocenters. The molecular formula is C31H33FN4O4. The molecule has 8 nitrogen and oxygen atoms in total. The Labute approximate surface area is 232 Å². The van der Waals surface area contributed by atoms with Crippen LogP contribution in [0.25, 0.3) is 11.3 Å². The van der Waals surface area contributed by atoms with Crippen molar-refractivity contribution in [3.63, 3.8) is 0 Å². The van der Waals surface area contributed by atoms with Crippen LogP contribution in [-0.4, -0.2) is 69.0 Å². The average Bonchev–Trinajstić information content (AvgIpc) is 3.81. The Hall–Kier alpha value is -3.85. The summed E-state index contributed by atoms with van der Waals surface area (Å²) in [6, 6.07) is 11.9. The van der Waals surface area contributed by atoms with E-state index in [0.29, 0.717) is 42.6 Å². The van der Waals surface area contributed by atoms with Crippen LogP contribution in [0, 0.1) is 5.82 Å². The van der Waals surface area contributed by atoms with E-state index in [1.807, 2.05) is 11.8 Å². The summed E-state index contributed by atoms with van der Waals surface area (Å²) in [6.45, 7) is 5.44. The third kappa shape index (κ3) is 5.30. The number of carboxylic acid groups (broad SMARTS) is 1. The highest BCUT2D eigenvalue weighted by molar-refractivity contribution is 5.97. The highest BCUT2D eigenvalue weighted by Crippen LogP contribution is 2.45. The van der Waals surface area contributed by atoms with E-state index >= 15 is 0 Å². The molecule has 2 aromatic heterocycles. The number of carbonyl (C=O) groups excluding carboxylic acids is 1. The van der Waals surface area contributed by atoms with Gasteiger partial charge in [-0.25, -0.2) is 19.2 Å². The number of halogens is 1. The number of ether oxygens (including phenoxy) is 1. The summed E-state index contributed by atoms with van der Waals surface area (Å²) in [5.74, 6) is -0.299. The van der Waals surface area contributed by atoms with Gasteiger partial charge in [-0.3, -0.25) is 9.69 Å². The fraction of sp³-hybridized carbons (Fsp3) is 0.419. The molecule has 2 aliphatic heterocycles. The second-order valence-electron chi connectivity index (χ2n) is 10.9. The van der Waals surface area contributed by atoms with Gasteiger partial charge in [0.1, 0.15) is 11.5 Å². The summed E-state index contributed by atoms with van der Waals surface area (Å²) >= 11 is 0. The molecule has 40 heavy (non-hydrogen) atoms. The minimum atomic E-state index is -1.08. The molecule has 6 rings (SSSR count). The maximum Gasteiger partial charge on any atom is 0.354 e. The molecule has 0 spiro atoms. The number of hydrogen-bond acceptors (Lipinski definition) is 6. The van der Waals surface area contributed by atoms with Gasteiger partial charge in [0.2, 0.25) is 5.88 Å². The van der Waals surface area contributed by atoms with E-state index in [0.717, 1.165) is 62.1 Å². The molecule has 1 amide bonds. The third-order valence-corrected chi connectivity index (χ3v) is 8.17. The average molecular weight is 545 g/mol. The number of hydrogen-bond donors (Lipinski definition) is 1. The zero-order valence-corrected chi connectivity index (χ0v) is 22.6. The van der Waals surface area contributed by atoms with Crippen LogP contribution in [-0.2, 0) is 13.0 Å². The Balaban J connectivity index is 1.16. The van der Waals surface area contributed by atoms with E-state index in [2.05, 4.69) is 16.0 Å². The number of nitrogens with zero attached hydrogens (tertiary/aromatic N) is 4. The van der Waals surface area contributed by atoms with Crippen LogP contribution in [0.3, 0.4) is 0 Å². The lowest BCUT2D eigenvalue weighted by molar-refractivity contribution is 0.0540. The Morgan fingerprint density at radius 2 is 1.80 bits per heavy atom. The first-order valence-corrected chi connectivity index (χ1v) is 14.1. The van der Waals surface area contributed by atoms with Gasteiger partial charge in [0.05, 0.1) is 23.6 Å². The summed E-state index contributed by atoms with van der Waals surface area (Å²) < 4.78 is 19.6. The zero-order chi connectivity index (χ0) is 27.8. The van der Waals surface area contributed by atoms with Crippen molar-refractivity contribution in [3.05, 3.63) is 76.4 Å². The molecule has 0 radical (unpaired) electrons. The Morgan fingerprint density at radius 3 is 2.48 bits per heavy atom. The molecule has 4 heterocycles. The second kappa shape index (κ2) is 11.0. The molecule has 3 aromatic rings. The summed E-state index contributed by atoms with van der Waals surface area (Å²) in [6.07, 6.45) is 4.56. The lowest BCUT2D eigenvalue weighted by Gasteiger charge is -2.40. The summed E-state index contributed by atoms with van der Waals surface area (Å²) in [4.78, 5) is 38.0. The molecule has 2 fully saturated rings. The summed E-state index contributed by atoms with van der Waals surface area (Å²) in [7, 11) is 0. The molecular weight excluding hydrogens is 511 g/mol. The second-order valence-corrected chi connectivity index (χ2v) is 10.9. The van der Waals surface area contributed by atoms with Crippen molar-refractivity contribution < 1.29 is 23.8 Å². The summed E-state index contributed by atoms with van der Waals surface area (Å²) in [5, 5.41) is 9.22. The van der Waals surface area contributed by atoms with Crippen LogP contribution in [0.15, 0.2) is 42.5 Å². The maximum absolute atomic E-state index is 13.6. The molecule has 208 valence electrons. The van der Waals surface area contributed by atoms with E-state index in [9.17, 15) is 19.1 Å². The number of carboxylic acids is 1. The fourth-order valence-corrected chi connectivity index (χ4v) is 5.94. The van der Waals surface area contributed by atoms with Crippen molar-refractivity contribution in [1.29, 1.82) is 0 Å². The fourth-order valence-electron chi connectivity index (χ4n) is 5.94. The number of piperidine rings is 1. The third-order valence-electron chi connectivity index (χ3n) is 8.17. The number of fused-ring (bicyclic) bond motifs is 1. The van der Waals surface area contributed by atoms with Crippen LogP contribution in [0.1, 0.15) is 76.2 Å². The monoisotopic (exact) mass is 544 g/mol. The number of aromatic nitrogens is 2. The minimum Gasteiger partial charge on any atom is -0.478 e. The van der Waals surface area contributed by atoms with Gasteiger partial charge in [-0.2, -0.15) is 0 Å². The number of amides is 1. The van der Waals surface area contributed by atoms with Crippen molar-refractivity contribution in [3.8, 4) is 17.1 Å². The Bertz CT molecular complexity index is 1430. The first-order chi connectivity index (χ1) is 19.4. The molecule has 1 saturated carbocycles. The van der Waals surface area contributed by atoms with Crippen molar-refractivity contribution in [2.75, 3.05) is 26.2 Å². The number of aromatic carboxylic acids is 1. The molecule has 1 N–H and O–H groups in total. The van der Waals surface area contributed by atoms with Gasteiger partial charge in [0, 0.05) is 49.8 Å². The highest BCUT2D eigenvalue weighted by atomic mass is 19.1. The van der Waals surface area contributed by atoms with Crippen molar-refractivity contribution in [2.45, 2.75) is 57.5 Å². The lowest BCUT2D eigenvalue weighted by Crippen LogP contribution is -2.50. The smallest absolute Gasteiger partial charge is 0.354 e. The van der Waals surface area contributed by atoms with E-state index in [-0.39, 0.29) is 23.5 Å². The molecule has 0 unspecified atom stereocenters. The minimum absolute atomic E-state index is 0.0234. The number of pyridine rings is 2. The quantitative estimate of drug-likeness (QED) is 0.430. The van der Waals surface area contributed by atoms with Crippen LogP contribution >= 0.6 is 0 Å². The van der Waals surface area contributed by atoms with Crippen LogP contribution in [0.2, 0.25) is 0 Å². The number of rotatable bonds is 8. The molecule has 0 bridgehead atoms. The predicted molar refractivity (Wildman–Crippen MR) is 147 cm³/mol. The van der Waals surface area contributed by atoms with Gasteiger partial charge in [-0.05, 0) is 86.6 Å². The SMILES string of the molecule is CCOc1nc(-c2ccc(F)cc2)c(C2CC2)cc1CN1CCC(N2CCc3nc(C(=O)O)ccc3C2=O)CC1. The van der Waals surface area contributed by atoms with E-state index in [1.165, 1.54) is 23.8 Å². The summed E-state index contributed by atoms with van der Waals surface area (Å²) in [5.41, 5.74) is 5.12. The largest absolute Gasteiger partial charge is 0.478 e. The molecule has 1 aliphatic carbocycles. The van der Waals surface area contributed by atoms with Crippen molar-refractivity contribution in [2.24, 2.45) is 0 Å². The van der Waals surface area contributed by atoms with Crippen LogP contribution in [0.4, 0.5) is 4.39 Å². The number of carbonyl (C=O) groups is 2. The first kappa shape index (κ1) is 26.4. The Kier molecular flexibility index (Phi) is 7.23. The van der Waals surface area contributed by atoms with Gasteiger partial charge in [0.15, 0.2) is 0 Å². The first-order valence-electron chi connectivity index (χ1n) is 14.1. The van der Waals surface area contributed by atoms with Crippen LogP contribution < -0.4 is 4.74 Å². The van der Waals surface area contributed by atoms with E-state index in [1.54, 1.807) is 18.2 Å². The predicted octanol–water partition coefficient (Wildman–Crippen LogP) is 4.92. The maximum atomic E-state index is 13.6. The van der Waals surface area contributed by atoms with Gasteiger partial charge in [-0.15, -0.1) is 0 Å². The van der Waals surface area contributed by atoms with Crippen molar-refractivity contribution >= 4 is 11.9 Å².